The number of aromatic amines is 1. The molecule has 226 valence electrons. The zero-order valence-corrected chi connectivity index (χ0v) is 22.4. The lowest BCUT2D eigenvalue weighted by Gasteiger charge is -2.26. The molecule has 21 heteroatoms. The first-order valence-corrected chi connectivity index (χ1v) is 14.2. The Labute approximate surface area is 234 Å². The van der Waals surface area contributed by atoms with Gasteiger partial charge in [-0.05, 0) is 0 Å². The van der Waals surface area contributed by atoms with Crippen LogP contribution in [0.5, 0.6) is 0 Å². The molecule has 9 atom stereocenters. The highest BCUT2D eigenvalue weighted by Gasteiger charge is 2.55. The molecule has 2 fully saturated rings. The Morgan fingerprint density at radius 1 is 0.952 bits per heavy atom. The molecule has 20 nitrogen and oxygen atoms in total. The molecule has 2 aliphatic heterocycles. The summed E-state index contributed by atoms with van der Waals surface area (Å²) in [5.74, 6) is -0.133. The summed E-state index contributed by atoms with van der Waals surface area (Å²) in [6, 6.07) is 0. The van der Waals surface area contributed by atoms with Crippen molar-refractivity contribution in [1.29, 1.82) is 0 Å². The SMILES string of the molecule is Nc1nc2c(ncn2[C@@H]2O[C@H](CO)[C@@H](O)[C@H]2P(=O)(O)OCC[C@H]2O[C@@H](n3cnc4c(N)ncnc43)[C@@H](O)[C@@H]2O)c(=O)[nH]1. The van der Waals surface area contributed by atoms with Gasteiger partial charge in [-0.2, -0.15) is 4.98 Å². The van der Waals surface area contributed by atoms with Crippen molar-refractivity contribution < 1.29 is 43.9 Å². The fourth-order valence-electron chi connectivity index (χ4n) is 5.23. The highest BCUT2D eigenvalue weighted by Crippen LogP contribution is 2.57. The maximum atomic E-state index is 13.5. The largest absolute Gasteiger partial charge is 0.394 e. The maximum absolute atomic E-state index is 13.5. The van der Waals surface area contributed by atoms with Crippen LogP contribution in [0.1, 0.15) is 18.9 Å². The molecule has 2 aliphatic rings. The van der Waals surface area contributed by atoms with Crippen molar-refractivity contribution in [3.8, 4) is 0 Å². The van der Waals surface area contributed by atoms with Crippen LogP contribution in [-0.2, 0) is 18.6 Å². The van der Waals surface area contributed by atoms with E-state index in [1.54, 1.807) is 0 Å². The third kappa shape index (κ3) is 4.62. The zero-order chi connectivity index (χ0) is 29.9. The first kappa shape index (κ1) is 28.5. The zero-order valence-electron chi connectivity index (χ0n) is 21.5. The van der Waals surface area contributed by atoms with E-state index in [2.05, 4.69) is 29.9 Å². The number of H-pyrrole nitrogens is 1. The summed E-state index contributed by atoms with van der Waals surface area (Å²) >= 11 is 0. The Morgan fingerprint density at radius 2 is 1.64 bits per heavy atom. The van der Waals surface area contributed by atoms with E-state index in [1.165, 1.54) is 17.2 Å². The quantitative estimate of drug-likeness (QED) is 0.0919. The topological polar surface area (TPSA) is 305 Å². The average Bonchev–Trinajstić information content (AvgIpc) is 3.70. The van der Waals surface area contributed by atoms with Gasteiger partial charge in [-0.15, -0.1) is 0 Å². The number of ether oxygens (including phenoxy) is 2. The number of nitrogens with one attached hydrogen (secondary N) is 1. The van der Waals surface area contributed by atoms with Gasteiger partial charge in [0.2, 0.25) is 5.95 Å². The number of hydrogen-bond donors (Lipinski definition) is 8. The summed E-state index contributed by atoms with van der Waals surface area (Å²) in [6.07, 6.45) is -5.84. The predicted molar refractivity (Wildman–Crippen MR) is 139 cm³/mol. The number of nitrogens with zero attached hydrogens (tertiary/aromatic N) is 7. The lowest BCUT2D eigenvalue weighted by Crippen LogP contribution is -2.34. The lowest BCUT2D eigenvalue weighted by atomic mass is 10.1. The Kier molecular flexibility index (Phi) is 7.20. The Balaban J connectivity index is 1.19. The van der Waals surface area contributed by atoms with Crippen LogP contribution in [0, 0.1) is 0 Å². The van der Waals surface area contributed by atoms with Crippen molar-refractivity contribution in [2.24, 2.45) is 0 Å². The molecule has 6 heterocycles. The molecular weight excluding hydrogens is 583 g/mol. The van der Waals surface area contributed by atoms with Crippen LogP contribution in [0.25, 0.3) is 22.3 Å². The molecule has 0 aromatic carbocycles. The van der Waals surface area contributed by atoms with Gasteiger partial charge in [0.25, 0.3) is 5.56 Å². The van der Waals surface area contributed by atoms with Crippen molar-refractivity contribution in [2.45, 2.75) is 55.1 Å². The second-order valence-electron chi connectivity index (χ2n) is 9.82. The third-order valence-electron chi connectivity index (χ3n) is 7.30. The predicted octanol–water partition coefficient (Wildman–Crippen LogP) is -3.05. The van der Waals surface area contributed by atoms with Crippen LogP contribution in [0.3, 0.4) is 0 Å². The number of aromatic nitrogens is 8. The molecule has 0 aliphatic carbocycles. The number of nitrogens with two attached hydrogens (primary N) is 2. The first-order chi connectivity index (χ1) is 20.0. The van der Waals surface area contributed by atoms with Gasteiger partial charge in [-0.25, -0.2) is 19.9 Å². The van der Waals surface area contributed by atoms with Crippen LogP contribution in [0.2, 0.25) is 0 Å². The first-order valence-electron chi connectivity index (χ1n) is 12.6. The molecule has 0 spiro atoms. The van der Waals surface area contributed by atoms with E-state index in [9.17, 15) is 34.7 Å². The van der Waals surface area contributed by atoms with E-state index in [1.807, 2.05) is 0 Å². The number of anilines is 2. The molecule has 2 saturated heterocycles. The van der Waals surface area contributed by atoms with E-state index in [0.29, 0.717) is 0 Å². The minimum absolute atomic E-state index is 0.0846. The van der Waals surface area contributed by atoms with Gasteiger partial charge in [0.1, 0.15) is 41.9 Å². The van der Waals surface area contributed by atoms with Gasteiger partial charge in [0.05, 0.1) is 32.0 Å². The molecule has 0 saturated carbocycles. The van der Waals surface area contributed by atoms with Crippen molar-refractivity contribution in [1.82, 2.24) is 39.0 Å². The molecule has 42 heavy (non-hydrogen) atoms. The fourth-order valence-corrected chi connectivity index (χ4v) is 6.89. The fraction of sp³-hybridized carbons (Fsp3) is 0.524. The molecule has 0 amide bonds. The smallest absolute Gasteiger partial charge is 0.338 e. The molecular formula is C21H27N10O10P. The summed E-state index contributed by atoms with van der Waals surface area (Å²) in [6.45, 7) is -1.15. The molecule has 0 radical (unpaired) electrons. The van der Waals surface area contributed by atoms with Crippen LogP contribution < -0.4 is 17.0 Å². The van der Waals surface area contributed by atoms with Crippen LogP contribution in [0.4, 0.5) is 11.8 Å². The van der Waals surface area contributed by atoms with Crippen molar-refractivity contribution in [3.63, 3.8) is 0 Å². The number of aliphatic hydroxyl groups is 4. The summed E-state index contributed by atoms with van der Waals surface area (Å²) in [4.78, 5) is 45.5. The van der Waals surface area contributed by atoms with E-state index < -0.39 is 75.0 Å². The average molecular weight is 610 g/mol. The van der Waals surface area contributed by atoms with E-state index in [-0.39, 0.29) is 40.5 Å². The lowest BCUT2D eigenvalue weighted by molar-refractivity contribution is -0.0435. The summed E-state index contributed by atoms with van der Waals surface area (Å²) in [5, 5.41) is 41.8. The Hall–Kier alpha value is -3.59. The number of aliphatic hydroxyl groups excluding tert-OH is 4. The molecule has 6 rings (SSSR count). The van der Waals surface area contributed by atoms with E-state index >= 15 is 0 Å². The number of hydrogen-bond acceptors (Lipinski definition) is 16. The molecule has 4 aromatic heterocycles. The summed E-state index contributed by atoms with van der Waals surface area (Å²) in [7, 11) is -4.76. The van der Waals surface area contributed by atoms with Crippen molar-refractivity contribution in [2.75, 3.05) is 24.7 Å². The molecule has 0 bridgehead atoms. The standard InChI is InChI=1S/C21H27N10O10P/c22-15-9-16(25-4-24-15)30(5-26-9)19-13(35)11(33)7(40-19)1-2-39-42(37,38)14-12(34)8(3-32)41-20(14)31-6-27-10-17(31)28-21(23)29-18(10)36/h4-8,11-14,19-20,32-35H,1-3H2,(H,37,38)(H2,22,24,25)(H3,23,28,29,36)/t7-,8-,11-,12-,13+,14-,19-,20-/m1/s1. The normalized spacial score (nSPS) is 31.3. The van der Waals surface area contributed by atoms with Crippen molar-refractivity contribution in [3.05, 3.63) is 29.3 Å². The number of rotatable bonds is 8. The number of fused-ring (bicyclic) bond motifs is 2. The summed E-state index contributed by atoms with van der Waals surface area (Å²) < 4.78 is 32.8. The Morgan fingerprint density at radius 3 is 2.38 bits per heavy atom. The monoisotopic (exact) mass is 610 g/mol. The van der Waals surface area contributed by atoms with Crippen LogP contribution >= 0.6 is 7.60 Å². The highest BCUT2D eigenvalue weighted by atomic mass is 31.2. The maximum Gasteiger partial charge on any atom is 0.338 e. The highest BCUT2D eigenvalue weighted by molar-refractivity contribution is 7.53. The van der Waals surface area contributed by atoms with Crippen LogP contribution in [-0.4, -0.2) is 114 Å². The second kappa shape index (κ2) is 10.6. The second-order valence-corrected chi connectivity index (χ2v) is 11.8. The van der Waals surface area contributed by atoms with Gasteiger partial charge >= 0.3 is 7.60 Å². The van der Waals surface area contributed by atoms with Gasteiger partial charge in [0.15, 0.2) is 35.1 Å². The molecule has 1 unspecified atom stereocenters. The van der Waals surface area contributed by atoms with Gasteiger partial charge in [-0.1, -0.05) is 0 Å². The minimum atomic E-state index is -4.76. The molecule has 4 aromatic rings. The number of nitrogen functional groups attached to an aromatic ring is 2. The Bertz CT molecular complexity index is 1730. The van der Waals surface area contributed by atoms with Gasteiger partial charge in [-0.3, -0.25) is 23.5 Å². The third-order valence-corrected chi connectivity index (χ3v) is 9.16. The van der Waals surface area contributed by atoms with Crippen LogP contribution in [0.15, 0.2) is 23.8 Å². The van der Waals surface area contributed by atoms with Crippen molar-refractivity contribution >= 4 is 41.7 Å². The molecule has 10 N–H and O–H groups in total. The number of imidazole rings is 2. The van der Waals surface area contributed by atoms with E-state index in [4.69, 9.17) is 25.5 Å². The summed E-state index contributed by atoms with van der Waals surface area (Å²) in [5.41, 5.74) is 9.45. The van der Waals surface area contributed by atoms with E-state index in [0.717, 1.165) is 10.9 Å². The van der Waals surface area contributed by atoms with Gasteiger partial charge in [0, 0.05) is 6.42 Å². The van der Waals surface area contributed by atoms with Gasteiger partial charge < -0.3 is 50.8 Å². The minimum Gasteiger partial charge on any atom is -0.394 e.